The molecule has 2 aromatic rings. The van der Waals surface area contributed by atoms with E-state index in [4.69, 9.17) is 18.9 Å². The van der Waals surface area contributed by atoms with Gasteiger partial charge >= 0.3 is 0 Å². The van der Waals surface area contributed by atoms with Gasteiger partial charge in [-0.15, -0.1) is 0 Å². The largest absolute Gasteiger partial charge is 0.493 e. The fourth-order valence-corrected chi connectivity index (χ4v) is 2.77. The molecule has 156 valence electrons. The van der Waals surface area contributed by atoms with Crippen molar-refractivity contribution in [2.24, 2.45) is 5.10 Å². The van der Waals surface area contributed by atoms with Crippen LogP contribution in [0.1, 0.15) is 37.3 Å². The van der Waals surface area contributed by atoms with E-state index in [1.165, 1.54) is 27.5 Å². The van der Waals surface area contributed by atoms with Crippen LogP contribution in [0.3, 0.4) is 0 Å². The first-order chi connectivity index (χ1) is 14.0. The fourth-order valence-electron chi connectivity index (χ4n) is 2.77. The smallest absolute Gasteiger partial charge is 0.277 e. The lowest BCUT2D eigenvalue weighted by atomic mass is 9.98. The van der Waals surface area contributed by atoms with Gasteiger partial charge in [0.25, 0.3) is 5.91 Å². The number of amides is 1. The molecule has 0 heterocycles. The normalized spacial score (nSPS) is 11.8. The highest BCUT2D eigenvalue weighted by molar-refractivity contribution is 5.84. The molecule has 7 nitrogen and oxygen atoms in total. The standard InChI is InChI=1S/C22H28N2O5/c1-6-15(2)17-9-7-8-10-18(17)29-14-21(25)24-23-13-16-11-19(26-3)22(28-5)20(12-16)27-4/h7-13,15H,6,14H2,1-5H3,(H,24,25). The summed E-state index contributed by atoms with van der Waals surface area (Å²) in [6, 6.07) is 11.2. The number of ether oxygens (including phenoxy) is 4. The molecule has 0 fully saturated rings. The zero-order chi connectivity index (χ0) is 21.2. The Bertz CT molecular complexity index is 826. The average Bonchev–Trinajstić information content (AvgIpc) is 2.76. The molecule has 1 amide bonds. The van der Waals surface area contributed by atoms with Crippen molar-refractivity contribution in [3.05, 3.63) is 47.5 Å². The summed E-state index contributed by atoms with van der Waals surface area (Å²) in [5.41, 5.74) is 4.23. The van der Waals surface area contributed by atoms with Crippen molar-refractivity contribution in [2.75, 3.05) is 27.9 Å². The van der Waals surface area contributed by atoms with Crippen molar-refractivity contribution in [2.45, 2.75) is 26.2 Å². The highest BCUT2D eigenvalue weighted by Gasteiger charge is 2.13. The Morgan fingerprint density at radius 3 is 2.31 bits per heavy atom. The number of hydrogen-bond donors (Lipinski definition) is 1. The zero-order valence-corrected chi connectivity index (χ0v) is 17.5. The van der Waals surface area contributed by atoms with Crippen molar-refractivity contribution in [3.63, 3.8) is 0 Å². The molecule has 0 bridgehead atoms. The highest BCUT2D eigenvalue weighted by Crippen LogP contribution is 2.37. The van der Waals surface area contributed by atoms with Crippen molar-refractivity contribution < 1.29 is 23.7 Å². The molecular formula is C22H28N2O5. The molecule has 1 N–H and O–H groups in total. The number of benzene rings is 2. The van der Waals surface area contributed by atoms with Crippen LogP contribution in [0.15, 0.2) is 41.5 Å². The first-order valence-electron chi connectivity index (χ1n) is 9.37. The predicted molar refractivity (Wildman–Crippen MR) is 112 cm³/mol. The number of rotatable bonds is 10. The quantitative estimate of drug-likeness (QED) is 0.485. The van der Waals surface area contributed by atoms with Gasteiger partial charge in [-0.3, -0.25) is 4.79 Å². The maximum absolute atomic E-state index is 12.1. The molecule has 2 rings (SSSR count). The molecule has 0 spiro atoms. The Balaban J connectivity index is 1.99. The molecule has 0 aromatic heterocycles. The molecule has 1 unspecified atom stereocenters. The minimum absolute atomic E-state index is 0.125. The molecule has 29 heavy (non-hydrogen) atoms. The molecule has 0 saturated heterocycles. The van der Waals surface area contributed by atoms with Gasteiger partial charge in [0.2, 0.25) is 5.75 Å². The van der Waals surface area contributed by atoms with E-state index in [1.807, 2.05) is 24.3 Å². The maximum atomic E-state index is 12.1. The molecule has 0 aliphatic heterocycles. The van der Waals surface area contributed by atoms with Gasteiger partial charge < -0.3 is 18.9 Å². The second-order valence-corrected chi connectivity index (χ2v) is 6.39. The van der Waals surface area contributed by atoms with Crippen LogP contribution in [0.5, 0.6) is 23.0 Å². The van der Waals surface area contributed by atoms with Crippen LogP contribution in [0.2, 0.25) is 0 Å². The van der Waals surface area contributed by atoms with Gasteiger partial charge in [-0.25, -0.2) is 5.43 Å². The van der Waals surface area contributed by atoms with Gasteiger partial charge in [0, 0.05) is 5.56 Å². The molecule has 2 aromatic carbocycles. The topological polar surface area (TPSA) is 78.4 Å². The van der Waals surface area contributed by atoms with E-state index < -0.39 is 0 Å². The number of nitrogens with one attached hydrogen (secondary N) is 1. The Labute approximate surface area is 171 Å². The summed E-state index contributed by atoms with van der Waals surface area (Å²) in [6.45, 7) is 4.12. The average molecular weight is 400 g/mol. The summed E-state index contributed by atoms with van der Waals surface area (Å²) < 4.78 is 21.6. The van der Waals surface area contributed by atoms with E-state index in [-0.39, 0.29) is 12.5 Å². The van der Waals surface area contributed by atoms with Crippen molar-refractivity contribution >= 4 is 12.1 Å². The van der Waals surface area contributed by atoms with Crippen LogP contribution < -0.4 is 24.4 Å². The summed E-state index contributed by atoms with van der Waals surface area (Å²) in [5, 5.41) is 3.98. The molecular weight excluding hydrogens is 372 g/mol. The zero-order valence-electron chi connectivity index (χ0n) is 17.5. The maximum Gasteiger partial charge on any atom is 0.277 e. The number of methoxy groups -OCH3 is 3. The molecule has 7 heteroatoms. The number of nitrogens with zero attached hydrogens (tertiary/aromatic N) is 1. The molecule has 0 aliphatic rings. The van der Waals surface area contributed by atoms with Gasteiger partial charge in [-0.1, -0.05) is 32.0 Å². The molecule has 0 radical (unpaired) electrons. The Hall–Kier alpha value is -3.22. The van der Waals surface area contributed by atoms with Crippen molar-refractivity contribution in [3.8, 4) is 23.0 Å². The minimum atomic E-state index is -0.354. The predicted octanol–water partition coefficient (Wildman–Crippen LogP) is 3.76. The van der Waals surface area contributed by atoms with Crippen LogP contribution in [-0.4, -0.2) is 40.1 Å². The van der Waals surface area contributed by atoms with Gasteiger partial charge in [0.1, 0.15) is 5.75 Å². The monoisotopic (exact) mass is 400 g/mol. The van der Waals surface area contributed by atoms with Crippen LogP contribution in [0, 0.1) is 0 Å². The summed E-state index contributed by atoms with van der Waals surface area (Å²) in [5.74, 6) is 2.21. The van der Waals surface area contributed by atoms with Crippen LogP contribution in [0.4, 0.5) is 0 Å². The van der Waals surface area contributed by atoms with Gasteiger partial charge in [0.05, 0.1) is 27.5 Å². The number of carbonyl (C=O) groups is 1. The number of para-hydroxylation sites is 1. The van der Waals surface area contributed by atoms with Gasteiger partial charge in [-0.05, 0) is 36.1 Å². The summed E-state index contributed by atoms with van der Waals surface area (Å²) >= 11 is 0. The third kappa shape index (κ3) is 5.88. The minimum Gasteiger partial charge on any atom is -0.493 e. The summed E-state index contributed by atoms with van der Waals surface area (Å²) in [4.78, 5) is 12.1. The fraction of sp³-hybridized carbons (Fsp3) is 0.364. The molecule has 0 saturated carbocycles. The van der Waals surface area contributed by atoms with Gasteiger partial charge in [0.15, 0.2) is 18.1 Å². The van der Waals surface area contributed by atoms with E-state index in [0.29, 0.717) is 34.5 Å². The first kappa shape index (κ1) is 22.1. The van der Waals surface area contributed by atoms with E-state index in [9.17, 15) is 4.79 Å². The van der Waals surface area contributed by atoms with E-state index in [1.54, 1.807) is 12.1 Å². The van der Waals surface area contributed by atoms with E-state index >= 15 is 0 Å². The molecule has 0 aliphatic carbocycles. The lowest BCUT2D eigenvalue weighted by Crippen LogP contribution is -2.25. The molecule has 1 atom stereocenters. The lowest BCUT2D eigenvalue weighted by molar-refractivity contribution is -0.123. The number of hydrogen-bond acceptors (Lipinski definition) is 6. The first-order valence-corrected chi connectivity index (χ1v) is 9.37. The van der Waals surface area contributed by atoms with Crippen LogP contribution >= 0.6 is 0 Å². The highest BCUT2D eigenvalue weighted by atomic mass is 16.5. The third-order valence-corrected chi connectivity index (χ3v) is 4.51. The summed E-state index contributed by atoms with van der Waals surface area (Å²) in [7, 11) is 4.61. The summed E-state index contributed by atoms with van der Waals surface area (Å²) in [6.07, 6.45) is 2.49. The van der Waals surface area contributed by atoms with Crippen LogP contribution in [0.25, 0.3) is 0 Å². The van der Waals surface area contributed by atoms with E-state index in [0.717, 1.165) is 12.0 Å². The van der Waals surface area contributed by atoms with Crippen LogP contribution in [-0.2, 0) is 4.79 Å². The Morgan fingerprint density at radius 1 is 1.07 bits per heavy atom. The lowest BCUT2D eigenvalue weighted by Gasteiger charge is -2.15. The van der Waals surface area contributed by atoms with Crippen molar-refractivity contribution in [1.29, 1.82) is 0 Å². The van der Waals surface area contributed by atoms with Crippen molar-refractivity contribution in [1.82, 2.24) is 5.43 Å². The SMILES string of the molecule is CCC(C)c1ccccc1OCC(=O)NN=Cc1cc(OC)c(OC)c(OC)c1. The van der Waals surface area contributed by atoms with E-state index in [2.05, 4.69) is 24.4 Å². The van der Waals surface area contributed by atoms with Gasteiger partial charge in [-0.2, -0.15) is 5.10 Å². The third-order valence-electron chi connectivity index (χ3n) is 4.51. The number of hydrazone groups is 1. The second-order valence-electron chi connectivity index (χ2n) is 6.39. The Morgan fingerprint density at radius 2 is 1.72 bits per heavy atom. The Kier molecular flexibility index (Phi) is 8.33. The number of carbonyl (C=O) groups excluding carboxylic acids is 1. The second kappa shape index (κ2) is 10.9.